The maximum atomic E-state index is 13.3. The van der Waals surface area contributed by atoms with Gasteiger partial charge in [-0.2, -0.15) is 0 Å². The molecule has 2 unspecified atom stereocenters. The molecule has 2 amide bonds. The number of fused-ring (bicyclic) bond motifs is 1. The van der Waals surface area contributed by atoms with Crippen LogP contribution in [0.2, 0.25) is 0 Å². The molecule has 260 valence electrons. The number of unbranched alkanes of at least 4 members (excludes halogenated alkanes) is 2. The summed E-state index contributed by atoms with van der Waals surface area (Å²) < 4.78 is 17.9. The van der Waals surface area contributed by atoms with Crippen LogP contribution >= 0.6 is 19.1 Å². The largest absolute Gasteiger partial charge is 0.478 e. The highest BCUT2D eigenvalue weighted by Crippen LogP contribution is 2.49. The van der Waals surface area contributed by atoms with Gasteiger partial charge in [0.1, 0.15) is 12.3 Å². The summed E-state index contributed by atoms with van der Waals surface area (Å²) in [5.74, 6) is 0.787. The van der Waals surface area contributed by atoms with Crippen LogP contribution in [0.1, 0.15) is 64.0 Å². The lowest BCUT2D eigenvalue weighted by Gasteiger charge is -2.37. The third kappa shape index (κ3) is 10.8. The number of carbonyl (C=O) groups is 2. The summed E-state index contributed by atoms with van der Waals surface area (Å²) in [6.07, 6.45) is 9.14. The normalized spacial score (nSPS) is 15.8. The van der Waals surface area contributed by atoms with E-state index in [9.17, 15) is 19.0 Å². The maximum Gasteiger partial charge on any atom is 0.258 e. The van der Waals surface area contributed by atoms with E-state index in [1.165, 1.54) is 56.6 Å². The predicted octanol–water partition coefficient (Wildman–Crippen LogP) is 7.35. The molecule has 3 aromatic carbocycles. The summed E-state index contributed by atoms with van der Waals surface area (Å²) in [5.41, 5.74) is 3.13. The van der Waals surface area contributed by atoms with E-state index in [-0.39, 0.29) is 24.7 Å². The lowest BCUT2D eigenvalue weighted by Crippen LogP contribution is -2.42. The number of thiol groups is 1. The lowest BCUT2D eigenvalue weighted by atomic mass is 9.79. The molecule has 0 aliphatic carbocycles. The van der Waals surface area contributed by atoms with Crippen molar-refractivity contribution in [3.05, 3.63) is 78.4 Å². The Balaban J connectivity index is 1.57. The van der Waals surface area contributed by atoms with Gasteiger partial charge in [-0.1, -0.05) is 88.1 Å². The van der Waals surface area contributed by atoms with E-state index in [2.05, 4.69) is 78.1 Å². The Morgan fingerprint density at radius 3 is 2.29 bits per heavy atom. The molecule has 3 N–H and O–H groups in total. The molecule has 8 nitrogen and oxygen atoms in total. The number of amides is 2. The summed E-state index contributed by atoms with van der Waals surface area (Å²) in [4.78, 5) is 40.6. The highest BCUT2D eigenvalue weighted by atomic mass is 32.2. The molecule has 4 rings (SSSR count). The van der Waals surface area contributed by atoms with Crippen LogP contribution in [0.25, 0.3) is 0 Å². The van der Waals surface area contributed by atoms with Crippen molar-refractivity contribution in [3.63, 3.8) is 0 Å². The van der Waals surface area contributed by atoms with Gasteiger partial charge in [0.05, 0.1) is 5.69 Å². The van der Waals surface area contributed by atoms with Gasteiger partial charge in [-0.15, -0.1) is 11.8 Å². The van der Waals surface area contributed by atoms with Gasteiger partial charge in [-0.05, 0) is 36.0 Å². The quantitative estimate of drug-likeness (QED) is 0.0763. The van der Waals surface area contributed by atoms with Gasteiger partial charge in [0.15, 0.2) is 24.6 Å². The van der Waals surface area contributed by atoms with E-state index < -0.39 is 25.2 Å². The molecule has 1 aliphatic rings. The Kier molecular flexibility index (Phi) is 14.4. The Labute approximate surface area is 294 Å². The first-order valence-electron chi connectivity index (χ1n) is 16.9. The second-order valence-corrected chi connectivity index (χ2v) is 17.2. The van der Waals surface area contributed by atoms with Crippen LogP contribution in [-0.2, 0) is 25.9 Å². The molecule has 0 bridgehead atoms. The molecule has 0 fully saturated rings. The van der Waals surface area contributed by atoms with E-state index in [0.29, 0.717) is 11.3 Å². The number of hydrogen-bond donors (Lipinski definition) is 3. The Hall–Kier alpha value is -2.91. The van der Waals surface area contributed by atoms with E-state index in [0.717, 1.165) is 33.9 Å². The van der Waals surface area contributed by atoms with Crippen molar-refractivity contribution in [1.82, 2.24) is 10.6 Å². The summed E-state index contributed by atoms with van der Waals surface area (Å²) in [6, 6.07) is 22.9. The van der Waals surface area contributed by atoms with Gasteiger partial charge in [0.25, 0.3) is 5.91 Å². The minimum Gasteiger partial charge on any atom is -0.478 e. The number of hydrogen-bond acceptors (Lipinski definition) is 6. The molecule has 0 saturated carbocycles. The van der Waals surface area contributed by atoms with Crippen molar-refractivity contribution in [2.45, 2.75) is 68.2 Å². The van der Waals surface area contributed by atoms with E-state index in [1.54, 1.807) is 24.3 Å². The maximum absolute atomic E-state index is 13.3. The Morgan fingerprint density at radius 1 is 1.04 bits per heavy atom. The second-order valence-electron chi connectivity index (χ2n) is 12.7. The zero-order valence-corrected chi connectivity index (χ0v) is 31.2. The van der Waals surface area contributed by atoms with Crippen LogP contribution in [0.15, 0.2) is 82.6 Å². The second kappa shape index (κ2) is 18.2. The standard InChI is InChI=1S/C37H50N3O5PS2/c1-5-7-19-37(20-8-6-2)26-40(29-17-13-10-14-18-29)30-23-33(47-4)31(24-32(30)48-27-37)45-25-34(41)39-35(28-15-11-9-12-16-28)36(42)38-21-22-46(3,43)44/h9-18,23-24,35H,5-8,19-22,25-27H2,1-4H3,(H,38,42)(H,39,41)(H,43,44)/p+1. The molecule has 11 heteroatoms. The molecule has 2 atom stereocenters. The number of ether oxygens (including phenoxy) is 1. The summed E-state index contributed by atoms with van der Waals surface area (Å²) in [5, 5.41) is 5.51. The SMILES string of the molecule is CCCCC1(CCCC)CSc2cc(OCC(=O)NC(C(=O)NCCP(C)(=O)O)c3ccccc3)c([SH+]C)cc2N(c2ccccc2)C1. The van der Waals surface area contributed by atoms with Crippen molar-refractivity contribution >= 4 is 54.1 Å². The van der Waals surface area contributed by atoms with Crippen molar-refractivity contribution in [2.75, 3.05) is 49.4 Å². The molecule has 3 aromatic rings. The van der Waals surface area contributed by atoms with E-state index in [1.807, 2.05) is 17.8 Å². The molecule has 0 spiro atoms. The predicted molar refractivity (Wildman–Crippen MR) is 201 cm³/mol. The first-order chi connectivity index (χ1) is 23.1. The zero-order chi connectivity index (χ0) is 34.6. The van der Waals surface area contributed by atoms with Crippen LogP contribution in [0.4, 0.5) is 11.4 Å². The van der Waals surface area contributed by atoms with Crippen molar-refractivity contribution < 1.29 is 23.8 Å². The number of benzene rings is 3. The van der Waals surface area contributed by atoms with E-state index in [4.69, 9.17) is 4.74 Å². The molecule has 1 aliphatic heterocycles. The average molecular weight is 713 g/mol. The van der Waals surface area contributed by atoms with Gasteiger partial charge < -0.3 is 25.2 Å². The van der Waals surface area contributed by atoms with Gasteiger partial charge in [0.2, 0.25) is 5.91 Å². The molecule has 0 radical (unpaired) electrons. The smallest absolute Gasteiger partial charge is 0.258 e. The third-order valence-electron chi connectivity index (χ3n) is 8.67. The van der Waals surface area contributed by atoms with Crippen LogP contribution in [0.3, 0.4) is 0 Å². The van der Waals surface area contributed by atoms with Crippen LogP contribution in [0, 0.1) is 5.41 Å². The number of nitrogens with one attached hydrogen (secondary N) is 2. The molecule has 0 saturated heterocycles. The summed E-state index contributed by atoms with van der Waals surface area (Å²) in [6.45, 7) is 6.52. The summed E-state index contributed by atoms with van der Waals surface area (Å²) >= 11 is 2.90. The van der Waals surface area contributed by atoms with Gasteiger partial charge in [0, 0.05) is 66.1 Å². The number of anilines is 2. The number of rotatable bonds is 17. The van der Waals surface area contributed by atoms with Crippen molar-refractivity contribution in [2.24, 2.45) is 5.41 Å². The monoisotopic (exact) mass is 712 g/mol. The van der Waals surface area contributed by atoms with Crippen molar-refractivity contribution in [1.29, 1.82) is 0 Å². The minimum atomic E-state index is -3.28. The number of nitrogens with zero attached hydrogens (tertiary/aromatic N) is 1. The van der Waals surface area contributed by atoms with E-state index >= 15 is 0 Å². The highest BCUT2D eigenvalue weighted by Gasteiger charge is 2.37. The average Bonchev–Trinajstić information content (AvgIpc) is 3.24. The molecular weight excluding hydrogens is 662 g/mol. The fraction of sp³-hybridized carbons (Fsp3) is 0.459. The van der Waals surface area contributed by atoms with Crippen LogP contribution in [-0.4, -0.2) is 61.2 Å². The fourth-order valence-corrected chi connectivity index (χ4v) is 8.48. The first-order valence-corrected chi connectivity index (χ1v) is 21.5. The fourth-order valence-electron chi connectivity index (χ4n) is 6.00. The highest BCUT2D eigenvalue weighted by molar-refractivity contribution is 7.99. The molecule has 48 heavy (non-hydrogen) atoms. The topological polar surface area (TPSA) is 108 Å². The Morgan fingerprint density at radius 2 is 1.69 bits per heavy atom. The van der Waals surface area contributed by atoms with Crippen LogP contribution in [0.5, 0.6) is 5.75 Å². The van der Waals surface area contributed by atoms with Crippen LogP contribution < -0.4 is 20.3 Å². The molecule has 0 aromatic heterocycles. The van der Waals surface area contributed by atoms with Gasteiger partial charge in [-0.3, -0.25) is 14.2 Å². The lowest BCUT2D eigenvalue weighted by molar-refractivity contribution is -0.130. The molecule has 1 heterocycles. The minimum absolute atomic E-state index is 0.0305. The van der Waals surface area contributed by atoms with Gasteiger partial charge >= 0.3 is 0 Å². The number of carbonyl (C=O) groups excluding carboxylic acids is 2. The Bertz CT molecular complexity index is 1530. The summed E-state index contributed by atoms with van der Waals surface area (Å²) in [7, 11) is -3.28. The number of thioether (sulfide) groups is 1. The molecular formula is C37H51N3O5PS2+. The third-order valence-corrected chi connectivity index (χ3v) is 12.0. The first kappa shape index (κ1) is 37.9. The zero-order valence-electron chi connectivity index (χ0n) is 28.6. The number of para-hydroxylation sites is 1. The van der Waals surface area contributed by atoms with Gasteiger partial charge in [-0.25, -0.2) is 0 Å². The van der Waals surface area contributed by atoms with Crippen molar-refractivity contribution in [3.8, 4) is 5.75 Å².